The van der Waals surface area contributed by atoms with Gasteiger partial charge in [-0.1, -0.05) is 30.3 Å². The van der Waals surface area contributed by atoms with Crippen LogP contribution in [0.5, 0.6) is 5.75 Å². The van der Waals surface area contributed by atoms with E-state index in [0.29, 0.717) is 11.3 Å². The number of rotatable bonds is 6. The van der Waals surface area contributed by atoms with Crippen molar-refractivity contribution in [1.29, 1.82) is 0 Å². The summed E-state index contributed by atoms with van der Waals surface area (Å²) in [4.78, 5) is 24.1. The molecule has 0 aliphatic heterocycles. The van der Waals surface area contributed by atoms with Gasteiger partial charge in [0.05, 0.1) is 6.10 Å². The lowest BCUT2D eigenvalue weighted by atomic mass is 10.1. The van der Waals surface area contributed by atoms with Crippen LogP contribution >= 0.6 is 0 Å². The molecule has 6 heteroatoms. The molecule has 1 heterocycles. The minimum atomic E-state index is -0.776. The molecular formula is C22H21NO5. The van der Waals surface area contributed by atoms with Gasteiger partial charge in [-0.3, -0.25) is 4.79 Å². The number of carbonyl (C=O) groups is 1. The molecule has 1 atom stereocenters. The third-order valence-electron chi connectivity index (χ3n) is 4.99. The lowest BCUT2D eigenvalue weighted by molar-refractivity contribution is -0.123. The minimum absolute atomic E-state index is 0.102. The highest BCUT2D eigenvalue weighted by Gasteiger charge is 2.19. The van der Waals surface area contributed by atoms with Gasteiger partial charge in [-0.25, -0.2) is 4.79 Å². The first-order valence-corrected chi connectivity index (χ1v) is 9.33. The van der Waals surface area contributed by atoms with Crippen LogP contribution in [0.15, 0.2) is 57.7 Å². The van der Waals surface area contributed by atoms with Crippen LogP contribution in [0, 0.1) is 0 Å². The van der Waals surface area contributed by atoms with Crippen molar-refractivity contribution in [1.82, 2.24) is 5.32 Å². The molecule has 2 N–H and O–H groups in total. The molecule has 1 aromatic heterocycles. The number of carbonyl (C=O) groups excluding carboxylic acids is 1. The Hall–Kier alpha value is -3.12. The van der Waals surface area contributed by atoms with Crippen molar-refractivity contribution in [2.24, 2.45) is 0 Å². The van der Waals surface area contributed by atoms with E-state index in [0.717, 1.165) is 41.3 Å². The van der Waals surface area contributed by atoms with Crippen LogP contribution in [-0.2, 0) is 17.6 Å². The standard InChI is InChI=1S/C22H21NO5/c24-19(14-5-2-1-3-6-14)12-23-21(25)13-27-15-9-10-17-16-7-4-8-18(16)22(26)28-20(17)11-15/h1-3,5-6,9-11,19,24H,4,7-8,12-13H2,(H,23,25)/t19-/m1/s1. The Bertz CT molecular complexity index is 1060. The van der Waals surface area contributed by atoms with Gasteiger partial charge in [0.25, 0.3) is 5.91 Å². The van der Waals surface area contributed by atoms with Crippen LogP contribution in [-0.4, -0.2) is 24.2 Å². The summed E-state index contributed by atoms with van der Waals surface area (Å²) in [6.45, 7) is -0.0902. The van der Waals surface area contributed by atoms with E-state index in [9.17, 15) is 14.7 Å². The quantitative estimate of drug-likeness (QED) is 0.643. The van der Waals surface area contributed by atoms with Crippen LogP contribution < -0.4 is 15.7 Å². The molecule has 144 valence electrons. The number of aryl methyl sites for hydroxylation is 1. The fourth-order valence-corrected chi connectivity index (χ4v) is 3.56. The van der Waals surface area contributed by atoms with Gasteiger partial charge in [0.1, 0.15) is 11.3 Å². The highest BCUT2D eigenvalue weighted by atomic mass is 16.5. The van der Waals surface area contributed by atoms with Crippen molar-refractivity contribution >= 4 is 16.9 Å². The van der Waals surface area contributed by atoms with Crippen LogP contribution in [0.1, 0.15) is 29.2 Å². The number of fused-ring (bicyclic) bond motifs is 3. The van der Waals surface area contributed by atoms with Gasteiger partial charge in [0, 0.05) is 23.6 Å². The second kappa shape index (κ2) is 7.86. The van der Waals surface area contributed by atoms with Crippen LogP contribution in [0.2, 0.25) is 0 Å². The third kappa shape index (κ3) is 3.77. The number of hydrogen-bond donors (Lipinski definition) is 2. The highest BCUT2D eigenvalue weighted by molar-refractivity contribution is 5.83. The number of nitrogens with one attached hydrogen (secondary N) is 1. The molecule has 1 amide bonds. The number of ether oxygens (including phenoxy) is 1. The number of amides is 1. The average Bonchev–Trinajstić information content (AvgIpc) is 3.22. The predicted molar refractivity (Wildman–Crippen MR) is 104 cm³/mol. The van der Waals surface area contributed by atoms with Gasteiger partial charge in [-0.05, 0) is 42.5 Å². The first kappa shape index (κ1) is 18.3. The Morgan fingerprint density at radius 1 is 1.14 bits per heavy atom. The molecule has 1 aliphatic carbocycles. The molecule has 6 nitrogen and oxygen atoms in total. The molecule has 2 aromatic carbocycles. The molecule has 0 spiro atoms. The molecule has 4 rings (SSSR count). The molecule has 0 radical (unpaired) electrons. The fraction of sp³-hybridized carbons (Fsp3) is 0.273. The summed E-state index contributed by atoms with van der Waals surface area (Å²) in [6.07, 6.45) is 1.83. The Balaban J connectivity index is 1.37. The first-order chi connectivity index (χ1) is 13.6. The van der Waals surface area contributed by atoms with Crippen LogP contribution in [0.4, 0.5) is 0 Å². The van der Waals surface area contributed by atoms with E-state index in [4.69, 9.17) is 9.15 Å². The van der Waals surface area contributed by atoms with Gasteiger partial charge in [-0.2, -0.15) is 0 Å². The summed E-state index contributed by atoms with van der Waals surface area (Å²) in [5.41, 5.74) is 2.76. The van der Waals surface area contributed by atoms with Crippen molar-refractivity contribution in [3.63, 3.8) is 0 Å². The van der Waals surface area contributed by atoms with E-state index >= 15 is 0 Å². The number of benzene rings is 2. The zero-order valence-corrected chi connectivity index (χ0v) is 15.3. The molecule has 3 aromatic rings. The van der Waals surface area contributed by atoms with Crippen LogP contribution in [0.25, 0.3) is 11.0 Å². The van der Waals surface area contributed by atoms with E-state index in [2.05, 4.69) is 5.32 Å². The van der Waals surface area contributed by atoms with Crippen molar-refractivity contribution in [3.05, 3.63) is 75.6 Å². The smallest absolute Gasteiger partial charge is 0.339 e. The molecule has 28 heavy (non-hydrogen) atoms. The normalized spacial score (nSPS) is 13.9. The summed E-state index contributed by atoms with van der Waals surface area (Å²) < 4.78 is 10.9. The van der Waals surface area contributed by atoms with Gasteiger partial charge in [-0.15, -0.1) is 0 Å². The topological polar surface area (TPSA) is 88.8 Å². The SMILES string of the molecule is O=C(COc1ccc2c3c(c(=O)oc2c1)CCC3)NC[C@@H](O)c1ccccc1. The van der Waals surface area contributed by atoms with Crippen molar-refractivity contribution in [2.45, 2.75) is 25.4 Å². The summed E-state index contributed by atoms with van der Waals surface area (Å²) in [5, 5.41) is 13.6. The molecule has 0 bridgehead atoms. The van der Waals surface area contributed by atoms with Crippen molar-refractivity contribution in [3.8, 4) is 5.75 Å². The van der Waals surface area contributed by atoms with E-state index < -0.39 is 6.10 Å². The summed E-state index contributed by atoms with van der Waals surface area (Å²) in [6, 6.07) is 14.4. The van der Waals surface area contributed by atoms with Crippen molar-refractivity contribution < 1.29 is 19.1 Å². The maximum Gasteiger partial charge on any atom is 0.339 e. The van der Waals surface area contributed by atoms with E-state index in [-0.39, 0.29) is 24.7 Å². The summed E-state index contributed by atoms with van der Waals surface area (Å²) in [5.74, 6) is 0.109. The maximum atomic E-state index is 12.1. The molecule has 0 unspecified atom stereocenters. The Labute approximate surface area is 161 Å². The zero-order chi connectivity index (χ0) is 19.5. The number of aliphatic hydroxyl groups is 1. The Morgan fingerprint density at radius 3 is 2.75 bits per heavy atom. The third-order valence-corrected chi connectivity index (χ3v) is 4.99. The average molecular weight is 379 g/mol. The summed E-state index contributed by atoms with van der Waals surface area (Å²) in [7, 11) is 0. The zero-order valence-electron chi connectivity index (χ0n) is 15.3. The second-order valence-electron chi connectivity index (χ2n) is 6.88. The van der Waals surface area contributed by atoms with Gasteiger partial charge in [0.15, 0.2) is 6.61 Å². The lowest BCUT2D eigenvalue weighted by Crippen LogP contribution is -2.32. The largest absolute Gasteiger partial charge is 0.484 e. The van der Waals surface area contributed by atoms with E-state index in [1.807, 2.05) is 24.3 Å². The minimum Gasteiger partial charge on any atom is -0.484 e. The number of hydrogen-bond acceptors (Lipinski definition) is 5. The van der Waals surface area contributed by atoms with Crippen LogP contribution in [0.3, 0.4) is 0 Å². The Kier molecular flexibility index (Phi) is 5.12. The molecule has 1 aliphatic rings. The highest BCUT2D eigenvalue weighted by Crippen LogP contribution is 2.29. The Morgan fingerprint density at radius 2 is 1.93 bits per heavy atom. The van der Waals surface area contributed by atoms with Crippen molar-refractivity contribution in [2.75, 3.05) is 13.2 Å². The van der Waals surface area contributed by atoms with Gasteiger partial charge in [0.2, 0.25) is 0 Å². The molecular weight excluding hydrogens is 358 g/mol. The first-order valence-electron chi connectivity index (χ1n) is 9.33. The second-order valence-corrected chi connectivity index (χ2v) is 6.88. The monoisotopic (exact) mass is 379 g/mol. The molecule has 0 fully saturated rings. The summed E-state index contributed by atoms with van der Waals surface area (Å²) >= 11 is 0. The van der Waals surface area contributed by atoms with E-state index in [1.54, 1.807) is 24.3 Å². The van der Waals surface area contributed by atoms with Gasteiger partial charge >= 0.3 is 5.63 Å². The van der Waals surface area contributed by atoms with Gasteiger partial charge < -0.3 is 19.6 Å². The molecule has 0 saturated carbocycles. The van der Waals surface area contributed by atoms with E-state index in [1.165, 1.54) is 0 Å². The maximum absolute atomic E-state index is 12.1. The predicted octanol–water partition coefficient (Wildman–Crippen LogP) is 2.51. The molecule has 0 saturated heterocycles. The number of aliphatic hydroxyl groups excluding tert-OH is 1. The fourth-order valence-electron chi connectivity index (χ4n) is 3.56. The lowest BCUT2D eigenvalue weighted by Gasteiger charge is -2.13.